The number of allylic oxidation sites excluding steroid dienone is 3. The van der Waals surface area contributed by atoms with Crippen molar-refractivity contribution in [2.75, 3.05) is 6.61 Å². The molecule has 1 heterocycles. The van der Waals surface area contributed by atoms with Crippen molar-refractivity contribution < 1.29 is 23.8 Å². The maximum Gasteiger partial charge on any atom is 0.306 e. The number of carbonyl (C=O) groups is 2. The zero-order chi connectivity index (χ0) is 33.2. The van der Waals surface area contributed by atoms with Gasteiger partial charge >= 0.3 is 5.97 Å². The summed E-state index contributed by atoms with van der Waals surface area (Å²) in [6.45, 7) is 16.0. The maximum absolute atomic E-state index is 12.4. The smallest absolute Gasteiger partial charge is 0.306 e. The Morgan fingerprint density at radius 3 is 2.48 bits per heavy atom. The van der Waals surface area contributed by atoms with Crippen molar-refractivity contribution in [3.63, 3.8) is 0 Å². The number of benzene rings is 3. The summed E-state index contributed by atoms with van der Waals surface area (Å²) < 4.78 is 18.3. The summed E-state index contributed by atoms with van der Waals surface area (Å²) in [6, 6.07) is 19.3. The Hall–Kier alpha value is -4.18. The first kappa shape index (κ1) is 33.2. The van der Waals surface area contributed by atoms with Crippen LogP contribution in [0.5, 0.6) is 5.75 Å². The van der Waals surface area contributed by atoms with E-state index in [9.17, 15) is 9.59 Å². The van der Waals surface area contributed by atoms with Gasteiger partial charge in [0, 0.05) is 36.3 Å². The van der Waals surface area contributed by atoms with Gasteiger partial charge in [0.15, 0.2) is 11.5 Å². The van der Waals surface area contributed by atoms with Gasteiger partial charge in [0.1, 0.15) is 18.0 Å². The fourth-order valence-corrected chi connectivity index (χ4v) is 6.28. The summed E-state index contributed by atoms with van der Waals surface area (Å²) in [5, 5.41) is 2.22. The third kappa shape index (κ3) is 7.61. The minimum absolute atomic E-state index is 0.0944. The van der Waals surface area contributed by atoms with Crippen molar-refractivity contribution in [1.29, 1.82) is 0 Å². The van der Waals surface area contributed by atoms with Crippen molar-refractivity contribution in [2.24, 2.45) is 0 Å². The number of ether oxygens (including phenoxy) is 3. The molecule has 2 aliphatic rings. The molecule has 0 amide bonds. The number of fused-ring (bicyclic) bond motifs is 4. The van der Waals surface area contributed by atoms with E-state index in [0.29, 0.717) is 25.7 Å². The molecule has 46 heavy (non-hydrogen) atoms. The van der Waals surface area contributed by atoms with Crippen molar-refractivity contribution in [3.05, 3.63) is 117 Å². The molecular formula is C41H46O5. The second-order valence-corrected chi connectivity index (χ2v) is 14.1. The van der Waals surface area contributed by atoms with Crippen LogP contribution in [0.4, 0.5) is 0 Å². The normalized spacial score (nSPS) is 16.2. The molecule has 240 valence electrons. The standard InChI is InChI=1S/C41H46O5/c1-9-32(42)25-44-41(7,8)24-31-14-11-15-34-37(27(31)3)38(30-13-10-12-26(2)22-30)39-33-19-16-28(17-21-36(43)46-40(4,5)6)23-29(33)18-20-35(39)45-34/h10-14,16,18-20,22-23,38H,9,17,21,24-25H2,1-8H3. The van der Waals surface area contributed by atoms with E-state index in [2.05, 4.69) is 80.3 Å². The van der Waals surface area contributed by atoms with Crippen LogP contribution in [0.3, 0.4) is 0 Å². The van der Waals surface area contributed by atoms with Gasteiger partial charge < -0.3 is 14.2 Å². The molecule has 1 aliphatic heterocycles. The molecule has 0 radical (unpaired) electrons. The van der Waals surface area contributed by atoms with Crippen molar-refractivity contribution in [3.8, 4) is 5.75 Å². The summed E-state index contributed by atoms with van der Waals surface area (Å²) in [6.07, 6.45) is 6.07. The number of Topliss-reactive ketones (excluding diaryl/α,β-unsaturated/α-hetero) is 1. The first-order chi connectivity index (χ1) is 21.7. The van der Waals surface area contributed by atoms with E-state index in [-0.39, 0.29) is 24.3 Å². The van der Waals surface area contributed by atoms with E-state index >= 15 is 0 Å². The third-order valence-electron chi connectivity index (χ3n) is 8.55. The van der Waals surface area contributed by atoms with Crippen LogP contribution in [0.1, 0.15) is 95.9 Å². The highest BCUT2D eigenvalue weighted by Crippen LogP contribution is 2.51. The Bertz CT molecular complexity index is 1800. The SMILES string of the molecule is CCC(=O)COC(C)(C)CC1=CC=C=C2Oc3ccc4cc(CCC(=O)OC(C)(C)C)ccc4c3C(c3cccc(C)c3)C2=C1C. The number of aryl methyl sites for hydroxylation is 2. The van der Waals surface area contributed by atoms with E-state index < -0.39 is 11.2 Å². The van der Waals surface area contributed by atoms with Crippen LogP contribution in [-0.2, 0) is 25.5 Å². The molecule has 0 saturated heterocycles. The van der Waals surface area contributed by atoms with Crippen molar-refractivity contribution in [2.45, 2.75) is 98.2 Å². The van der Waals surface area contributed by atoms with Crippen LogP contribution in [0.25, 0.3) is 10.8 Å². The molecule has 0 fully saturated rings. The van der Waals surface area contributed by atoms with Gasteiger partial charge in [-0.25, -0.2) is 0 Å². The maximum atomic E-state index is 12.4. The van der Waals surface area contributed by atoms with Gasteiger partial charge in [-0.1, -0.05) is 72.8 Å². The summed E-state index contributed by atoms with van der Waals surface area (Å²) in [5.74, 6) is 1.35. The molecule has 0 aromatic heterocycles. The number of rotatable bonds is 10. The van der Waals surface area contributed by atoms with Gasteiger partial charge in [-0.3, -0.25) is 9.59 Å². The van der Waals surface area contributed by atoms with Crippen LogP contribution in [-0.4, -0.2) is 29.6 Å². The minimum atomic E-state index is -0.536. The molecule has 3 aromatic carbocycles. The summed E-state index contributed by atoms with van der Waals surface area (Å²) >= 11 is 0. The topological polar surface area (TPSA) is 61.8 Å². The number of ketones is 1. The van der Waals surface area contributed by atoms with Crippen LogP contribution >= 0.6 is 0 Å². The van der Waals surface area contributed by atoms with Gasteiger partial charge in [0.25, 0.3) is 0 Å². The van der Waals surface area contributed by atoms with Crippen molar-refractivity contribution in [1.82, 2.24) is 0 Å². The highest BCUT2D eigenvalue weighted by atomic mass is 16.6. The summed E-state index contributed by atoms with van der Waals surface area (Å²) in [4.78, 5) is 24.5. The van der Waals surface area contributed by atoms with Gasteiger partial charge in [-0.05, 0) is 100 Å². The van der Waals surface area contributed by atoms with Gasteiger partial charge in [0.2, 0.25) is 0 Å². The monoisotopic (exact) mass is 618 g/mol. The molecule has 3 aromatic rings. The lowest BCUT2D eigenvalue weighted by Crippen LogP contribution is -2.28. The van der Waals surface area contributed by atoms with Crippen LogP contribution < -0.4 is 4.74 Å². The Morgan fingerprint density at radius 1 is 0.978 bits per heavy atom. The number of carbonyl (C=O) groups excluding carboxylic acids is 2. The molecule has 0 spiro atoms. The Balaban J connectivity index is 1.58. The third-order valence-corrected chi connectivity index (χ3v) is 8.55. The lowest BCUT2D eigenvalue weighted by atomic mass is 9.76. The molecule has 1 aliphatic carbocycles. The van der Waals surface area contributed by atoms with Gasteiger partial charge in [0.05, 0.1) is 5.60 Å². The van der Waals surface area contributed by atoms with Gasteiger partial charge in [-0.2, -0.15) is 0 Å². The Morgan fingerprint density at radius 2 is 1.76 bits per heavy atom. The molecular weight excluding hydrogens is 572 g/mol. The van der Waals surface area contributed by atoms with Crippen molar-refractivity contribution >= 4 is 22.5 Å². The van der Waals surface area contributed by atoms with E-state index in [1.807, 2.05) is 47.6 Å². The number of hydrogen-bond acceptors (Lipinski definition) is 5. The molecule has 5 nitrogen and oxygen atoms in total. The van der Waals surface area contributed by atoms with E-state index in [1.54, 1.807) is 0 Å². The first-order valence-corrected chi connectivity index (χ1v) is 16.3. The van der Waals surface area contributed by atoms with Crippen LogP contribution in [0.15, 0.2) is 95.0 Å². The quantitative estimate of drug-likeness (QED) is 0.167. The van der Waals surface area contributed by atoms with Crippen LogP contribution in [0, 0.1) is 6.92 Å². The highest BCUT2D eigenvalue weighted by molar-refractivity contribution is 5.91. The molecule has 1 atom stereocenters. The summed E-state index contributed by atoms with van der Waals surface area (Å²) in [5.41, 5.74) is 10.3. The lowest BCUT2D eigenvalue weighted by Gasteiger charge is -2.34. The fraction of sp³-hybridized carbons (Fsp3) is 0.390. The summed E-state index contributed by atoms with van der Waals surface area (Å²) in [7, 11) is 0. The second-order valence-electron chi connectivity index (χ2n) is 14.1. The molecule has 0 bridgehead atoms. The van der Waals surface area contributed by atoms with E-state index in [4.69, 9.17) is 14.2 Å². The Labute approximate surface area is 273 Å². The average Bonchev–Trinajstić information content (AvgIpc) is 3.14. The highest BCUT2D eigenvalue weighted by Gasteiger charge is 2.36. The largest absolute Gasteiger partial charge is 0.460 e. The predicted octanol–water partition coefficient (Wildman–Crippen LogP) is 9.41. The zero-order valence-corrected chi connectivity index (χ0v) is 28.5. The molecule has 5 rings (SSSR count). The molecule has 5 heteroatoms. The number of esters is 1. The minimum Gasteiger partial charge on any atom is -0.460 e. The van der Waals surface area contributed by atoms with E-state index in [1.165, 1.54) is 11.1 Å². The van der Waals surface area contributed by atoms with Gasteiger partial charge in [-0.15, -0.1) is 0 Å². The number of hydrogen-bond donors (Lipinski definition) is 0. The second kappa shape index (κ2) is 13.3. The molecule has 1 unspecified atom stereocenters. The molecule has 0 N–H and O–H groups in total. The average molecular weight is 619 g/mol. The van der Waals surface area contributed by atoms with E-state index in [0.717, 1.165) is 50.1 Å². The fourth-order valence-electron chi connectivity index (χ4n) is 6.28. The lowest BCUT2D eigenvalue weighted by molar-refractivity contribution is -0.154. The predicted molar refractivity (Wildman–Crippen MR) is 184 cm³/mol. The zero-order valence-electron chi connectivity index (χ0n) is 28.5. The first-order valence-electron chi connectivity index (χ1n) is 16.3. The molecule has 0 saturated carbocycles. The van der Waals surface area contributed by atoms with Crippen LogP contribution in [0.2, 0.25) is 0 Å². The Kier molecular flexibility index (Phi) is 9.58.